The first kappa shape index (κ1) is 44.5. The molecular weight excluding hydrogens is 611 g/mol. The van der Waals surface area contributed by atoms with Crippen molar-refractivity contribution in [3.05, 3.63) is 24.3 Å². The molecule has 0 aromatic carbocycles. The van der Waals surface area contributed by atoms with E-state index in [1.807, 2.05) is 0 Å². The monoisotopic (exact) mass is 676 g/mol. The highest BCUT2D eigenvalue weighted by molar-refractivity contribution is 7.47. The summed E-state index contributed by atoms with van der Waals surface area (Å²) >= 11 is 0. The number of carbonyl (C=O) groups is 2. The van der Waals surface area contributed by atoms with Gasteiger partial charge in [0.1, 0.15) is 12.7 Å². The Bertz CT molecular complexity index is 832. The lowest BCUT2D eigenvalue weighted by molar-refractivity contribution is -0.161. The highest BCUT2D eigenvalue weighted by Crippen LogP contribution is 2.43. The summed E-state index contributed by atoms with van der Waals surface area (Å²) in [6.07, 6.45) is 29.9. The van der Waals surface area contributed by atoms with Crippen molar-refractivity contribution in [2.24, 2.45) is 0 Å². The van der Waals surface area contributed by atoms with Gasteiger partial charge in [0.25, 0.3) is 0 Å². The van der Waals surface area contributed by atoms with E-state index in [1.165, 1.54) is 89.9 Å². The molecule has 46 heavy (non-hydrogen) atoms. The number of rotatable bonds is 33. The topological polar surface area (TPSA) is 149 Å². The lowest BCUT2D eigenvalue weighted by Gasteiger charge is -2.20. The maximum absolute atomic E-state index is 12.3. The van der Waals surface area contributed by atoms with Crippen molar-refractivity contribution in [3.8, 4) is 0 Å². The molecule has 3 N–H and O–H groups in total. The fourth-order valence-corrected chi connectivity index (χ4v) is 5.38. The van der Waals surface area contributed by atoms with E-state index in [9.17, 15) is 24.2 Å². The smallest absolute Gasteiger partial charge is 0.462 e. The van der Waals surface area contributed by atoms with Gasteiger partial charge in [-0.25, -0.2) is 4.57 Å². The van der Waals surface area contributed by atoms with Crippen LogP contribution in [0.4, 0.5) is 0 Å². The molecule has 11 heteroatoms. The normalized spacial score (nSPS) is 14.5. The number of esters is 2. The Hall–Kier alpha value is -1.55. The fraction of sp³-hybridized carbons (Fsp3) is 0.829. The van der Waals surface area contributed by atoms with Crippen LogP contribution in [0.5, 0.6) is 0 Å². The quantitative estimate of drug-likeness (QED) is 0.0268. The molecule has 270 valence electrons. The third kappa shape index (κ3) is 31.1. The zero-order chi connectivity index (χ0) is 34.1. The van der Waals surface area contributed by atoms with E-state index in [0.717, 1.165) is 25.7 Å². The second-order valence-electron chi connectivity index (χ2n) is 11.9. The highest BCUT2D eigenvalue weighted by atomic mass is 31.2. The summed E-state index contributed by atoms with van der Waals surface area (Å²) in [5, 5.41) is 18.0. The molecule has 0 heterocycles. The minimum Gasteiger partial charge on any atom is -0.462 e. The second kappa shape index (κ2) is 32.0. The van der Waals surface area contributed by atoms with E-state index in [-0.39, 0.29) is 19.4 Å². The Morgan fingerprint density at radius 2 is 1.17 bits per heavy atom. The van der Waals surface area contributed by atoms with E-state index in [2.05, 4.69) is 35.8 Å². The van der Waals surface area contributed by atoms with Crippen LogP contribution in [0.2, 0.25) is 0 Å². The fourth-order valence-electron chi connectivity index (χ4n) is 4.59. The zero-order valence-corrected chi connectivity index (χ0v) is 29.7. The van der Waals surface area contributed by atoms with Crippen molar-refractivity contribution in [1.29, 1.82) is 0 Å². The van der Waals surface area contributed by atoms with Crippen LogP contribution in [0.3, 0.4) is 0 Å². The van der Waals surface area contributed by atoms with Gasteiger partial charge in [0.2, 0.25) is 0 Å². The maximum Gasteiger partial charge on any atom is 0.472 e. The summed E-state index contributed by atoms with van der Waals surface area (Å²) < 4.78 is 31.7. The molecular formula is C35H65O10P. The Morgan fingerprint density at radius 3 is 1.70 bits per heavy atom. The molecule has 0 radical (unpaired) electrons. The van der Waals surface area contributed by atoms with Gasteiger partial charge in [0.15, 0.2) is 6.10 Å². The van der Waals surface area contributed by atoms with Crippen LogP contribution in [-0.2, 0) is 32.7 Å². The van der Waals surface area contributed by atoms with Crippen LogP contribution in [0.15, 0.2) is 24.3 Å². The number of aliphatic hydroxyl groups is 2. The van der Waals surface area contributed by atoms with E-state index in [4.69, 9.17) is 19.1 Å². The van der Waals surface area contributed by atoms with Crippen LogP contribution in [0.25, 0.3) is 0 Å². The average Bonchev–Trinajstić information content (AvgIpc) is 3.05. The van der Waals surface area contributed by atoms with E-state index >= 15 is 0 Å². The number of aliphatic hydroxyl groups excluding tert-OH is 2. The largest absolute Gasteiger partial charge is 0.472 e. The third-order valence-corrected chi connectivity index (χ3v) is 8.36. The van der Waals surface area contributed by atoms with Gasteiger partial charge < -0.3 is 24.6 Å². The van der Waals surface area contributed by atoms with Gasteiger partial charge in [-0.3, -0.25) is 18.6 Å². The summed E-state index contributed by atoms with van der Waals surface area (Å²) in [6.45, 7) is 1.73. The SMILES string of the molecule is CCCCCCC/C=C\C/C=C\CCCCCCCCCCCCCC(=O)OC(COC(=O)CC)COP(=O)(O)OCC(O)CO. The number of unbranched alkanes of at least 4 members (excludes halogenated alkanes) is 16. The molecule has 0 amide bonds. The van der Waals surface area contributed by atoms with Crippen molar-refractivity contribution >= 4 is 19.8 Å². The molecule has 0 aliphatic carbocycles. The molecule has 3 atom stereocenters. The number of ether oxygens (including phenoxy) is 2. The number of hydrogen-bond acceptors (Lipinski definition) is 9. The van der Waals surface area contributed by atoms with Crippen molar-refractivity contribution in [1.82, 2.24) is 0 Å². The van der Waals surface area contributed by atoms with Gasteiger partial charge >= 0.3 is 19.8 Å². The summed E-state index contributed by atoms with van der Waals surface area (Å²) in [7, 11) is -4.58. The van der Waals surface area contributed by atoms with E-state index < -0.39 is 51.8 Å². The molecule has 0 spiro atoms. The van der Waals surface area contributed by atoms with Crippen LogP contribution in [0.1, 0.15) is 149 Å². The van der Waals surface area contributed by atoms with Gasteiger partial charge in [0.05, 0.1) is 19.8 Å². The first-order valence-corrected chi connectivity index (χ1v) is 19.3. The van der Waals surface area contributed by atoms with Gasteiger partial charge in [-0.15, -0.1) is 0 Å². The molecule has 3 unspecified atom stereocenters. The number of phosphoric acid groups is 1. The molecule has 0 bridgehead atoms. The number of allylic oxidation sites excluding steroid dienone is 4. The van der Waals surface area contributed by atoms with Crippen LogP contribution in [-0.4, -0.2) is 65.7 Å². The Labute approximate surface area is 278 Å². The van der Waals surface area contributed by atoms with E-state index in [0.29, 0.717) is 6.42 Å². The maximum atomic E-state index is 12.3. The molecule has 0 aliphatic heterocycles. The highest BCUT2D eigenvalue weighted by Gasteiger charge is 2.27. The molecule has 0 rings (SSSR count). The molecule has 0 aromatic rings. The molecule has 0 fully saturated rings. The van der Waals surface area contributed by atoms with Crippen LogP contribution >= 0.6 is 7.82 Å². The molecule has 0 aliphatic rings. The van der Waals surface area contributed by atoms with E-state index in [1.54, 1.807) is 6.92 Å². The van der Waals surface area contributed by atoms with Crippen LogP contribution < -0.4 is 0 Å². The Balaban J connectivity index is 3.85. The Kier molecular flexibility index (Phi) is 30.9. The first-order chi connectivity index (χ1) is 22.2. The second-order valence-corrected chi connectivity index (χ2v) is 13.3. The number of phosphoric ester groups is 1. The van der Waals surface area contributed by atoms with Gasteiger partial charge in [-0.1, -0.05) is 122 Å². The molecule has 0 saturated heterocycles. The minimum absolute atomic E-state index is 0.123. The minimum atomic E-state index is -4.58. The van der Waals surface area contributed by atoms with Crippen LogP contribution in [0, 0.1) is 0 Å². The van der Waals surface area contributed by atoms with Crippen molar-refractivity contribution < 1.29 is 47.8 Å². The number of hydrogen-bond donors (Lipinski definition) is 3. The van der Waals surface area contributed by atoms with Crippen molar-refractivity contribution in [2.75, 3.05) is 26.4 Å². The standard InChI is InChI=1S/C35H65O10P/c1-3-5-6-7-8-9-10-11-12-13-14-15-16-17-18-19-20-21-22-23-24-25-26-27-35(39)45-33(30-42-34(38)4-2)31-44-46(40,41)43-29-32(37)28-36/h10-11,13-14,32-33,36-37H,3-9,12,15-31H2,1-2H3,(H,40,41)/b11-10-,14-13-. The first-order valence-electron chi connectivity index (χ1n) is 17.8. The summed E-state index contributed by atoms with van der Waals surface area (Å²) in [5.41, 5.74) is 0. The van der Waals surface area contributed by atoms with Crippen molar-refractivity contribution in [3.63, 3.8) is 0 Å². The molecule has 0 saturated carbocycles. The lowest BCUT2D eigenvalue weighted by atomic mass is 10.0. The number of carbonyl (C=O) groups excluding carboxylic acids is 2. The molecule has 10 nitrogen and oxygen atoms in total. The summed E-state index contributed by atoms with van der Waals surface area (Å²) in [4.78, 5) is 33.6. The Morgan fingerprint density at radius 1 is 0.674 bits per heavy atom. The van der Waals surface area contributed by atoms with Gasteiger partial charge in [-0.05, 0) is 38.5 Å². The summed E-state index contributed by atoms with van der Waals surface area (Å²) in [6, 6.07) is 0. The van der Waals surface area contributed by atoms with Crippen molar-refractivity contribution in [2.45, 2.75) is 161 Å². The zero-order valence-electron chi connectivity index (χ0n) is 28.8. The third-order valence-electron chi connectivity index (χ3n) is 7.41. The lowest BCUT2D eigenvalue weighted by Crippen LogP contribution is -2.29. The summed E-state index contributed by atoms with van der Waals surface area (Å²) in [5.74, 6) is -1.03. The molecule has 0 aromatic heterocycles. The van der Waals surface area contributed by atoms with Gasteiger partial charge in [0, 0.05) is 12.8 Å². The predicted octanol–water partition coefficient (Wildman–Crippen LogP) is 8.27. The average molecular weight is 677 g/mol. The van der Waals surface area contributed by atoms with Gasteiger partial charge in [-0.2, -0.15) is 0 Å². The predicted molar refractivity (Wildman–Crippen MR) is 182 cm³/mol.